The van der Waals surface area contributed by atoms with Crippen LogP contribution in [0.1, 0.15) is 5.69 Å². The van der Waals surface area contributed by atoms with Crippen LogP contribution in [0.5, 0.6) is 11.8 Å². The summed E-state index contributed by atoms with van der Waals surface area (Å²) in [6.07, 6.45) is 1.57. The molecule has 0 spiro atoms. The Kier molecular flexibility index (Phi) is 2.68. The van der Waals surface area contributed by atoms with E-state index in [2.05, 4.69) is 9.97 Å². The van der Waals surface area contributed by atoms with Gasteiger partial charge in [-0.15, -0.1) is 0 Å². The monoisotopic (exact) mass is 219 g/mol. The molecule has 0 atom stereocenters. The molecule has 0 amide bonds. The van der Waals surface area contributed by atoms with Gasteiger partial charge in [-0.25, -0.2) is 14.4 Å². The van der Waals surface area contributed by atoms with E-state index in [0.717, 1.165) is 5.69 Å². The van der Waals surface area contributed by atoms with Crippen LogP contribution in [0.15, 0.2) is 30.5 Å². The lowest BCUT2D eigenvalue weighted by molar-refractivity contribution is 0.437. The summed E-state index contributed by atoms with van der Waals surface area (Å²) in [5, 5.41) is 0. The number of hydrogen-bond donors (Lipinski definition) is 1. The van der Waals surface area contributed by atoms with Gasteiger partial charge in [-0.2, -0.15) is 0 Å². The molecule has 16 heavy (non-hydrogen) atoms. The van der Waals surface area contributed by atoms with Crippen LogP contribution in [0.25, 0.3) is 0 Å². The third kappa shape index (κ3) is 2.25. The molecule has 2 aromatic rings. The van der Waals surface area contributed by atoms with Gasteiger partial charge in [-0.05, 0) is 25.1 Å². The molecule has 1 aromatic heterocycles. The van der Waals surface area contributed by atoms with Crippen LogP contribution in [0.2, 0.25) is 0 Å². The number of halogens is 1. The van der Waals surface area contributed by atoms with Crippen LogP contribution in [-0.4, -0.2) is 9.97 Å². The third-order valence-corrected chi connectivity index (χ3v) is 1.95. The topological polar surface area (TPSA) is 61.0 Å². The van der Waals surface area contributed by atoms with E-state index in [1.807, 2.05) is 6.92 Å². The van der Waals surface area contributed by atoms with Gasteiger partial charge in [-0.1, -0.05) is 0 Å². The second kappa shape index (κ2) is 4.14. The highest BCUT2D eigenvalue weighted by molar-refractivity contribution is 5.44. The van der Waals surface area contributed by atoms with Crippen molar-refractivity contribution in [1.29, 1.82) is 0 Å². The fourth-order valence-corrected chi connectivity index (χ4v) is 1.15. The molecule has 2 rings (SSSR count). The fraction of sp³-hybridized carbons (Fsp3) is 0.0909. The number of nitrogens with two attached hydrogens (primary N) is 1. The van der Waals surface area contributed by atoms with Crippen LogP contribution < -0.4 is 10.5 Å². The van der Waals surface area contributed by atoms with Crippen molar-refractivity contribution in [1.82, 2.24) is 9.97 Å². The van der Waals surface area contributed by atoms with Crippen LogP contribution in [0.3, 0.4) is 0 Å². The molecule has 0 saturated carbocycles. The van der Waals surface area contributed by atoms with Gasteiger partial charge >= 0.3 is 6.01 Å². The molecule has 2 N–H and O–H groups in total. The lowest BCUT2D eigenvalue weighted by Gasteiger charge is -2.04. The molecule has 0 bridgehead atoms. The minimum absolute atomic E-state index is 0.0810. The first-order valence-electron chi connectivity index (χ1n) is 4.67. The summed E-state index contributed by atoms with van der Waals surface area (Å²) in [5.41, 5.74) is 6.20. The van der Waals surface area contributed by atoms with E-state index in [9.17, 15) is 4.39 Å². The van der Waals surface area contributed by atoms with E-state index in [0.29, 0.717) is 5.75 Å². The largest absolute Gasteiger partial charge is 0.424 e. The Bertz CT molecular complexity index is 516. The van der Waals surface area contributed by atoms with Gasteiger partial charge in [0.15, 0.2) is 0 Å². The van der Waals surface area contributed by atoms with E-state index in [1.165, 1.54) is 12.1 Å². The molecule has 0 fully saturated rings. The molecule has 4 nitrogen and oxygen atoms in total. The highest BCUT2D eigenvalue weighted by Crippen LogP contribution is 2.21. The Balaban J connectivity index is 2.24. The molecule has 0 radical (unpaired) electrons. The molecular weight excluding hydrogens is 209 g/mol. The molecule has 0 aliphatic rings. The molecule has 0 aliphatic carbocycles. The van der Waals surface area contributed by atoms with E-state index in [-0.39, 0.29) is 11.7 Å². The van der Waals surface area contributed by atoms with Crippen molar-refractivity contribution in [3.05, 3.63) is 42.0 Å². The first-order chi connectivity index (χ1) is 7.65. The summed E-state index contributed by atoms with van der Waals surface area (Å²) >= 11 is 0. The number of ether oxygens (including phenoxy) is 1. The van der Waals surface area contributed by atoms with E-state index >= 15 is 0 Å². The molecule has 1 heterocycles. The van der Waals surface area contributed by atoms with Crippen LogP contribution in [0.4, 0.5) is 10.1 Å². The maximum atomic E-state index is 13.1. The number of rotatable bonds is 2. The summed E-state index contributed by atoms with van der Waals surface area (Å²) in [5.74, 6) is -0.206. The van der Waals surface area contributed by atoms with Gasteiger partial charge in [0.2, 0.25) is 0 Å². The zero-order valence-electron chi connectivity index (χ0n) is 8.64. The number of nitrogen functional groups attached to an aromatic ring is 1. The van der Waals surface area contributed by atoms with E-state index in [4.69, 9.17) is 10.5 Å². The molecule has 82 valence electrons. The summed E-state index contributed by atoms with van der Waals surface area (Å²) in [6.45, 7) is 1.82. The summed E-state index contributed by atoms with van der Waals surface area (Å²) in [6, 6.07) is 6.12. The van der Waals surface area contributed by atoms with Gasteiger partial charge in [-0.3, -0.25) is 0 Å². The number of anilines is 1. The predicted molar refractivity (Wildman–Crippen MR) is 57.7 cm³/mol. The molecular formula is C11H10FN3O. The molecule has 1 aromatic carbocycles. The predicted octanol–water partition coefficient (Wildman–Crippen LogP) is 2.30. The van der Waals surface area contributed by atoms with Crippen molar-refractivity contribution in [2.45, 2.75) is 6.92 Å². The molecule has 0 saturated heterocycles. The maximum absolute atomic E-state index is 13.1. The number of nitrogens with zero attached hydrogens (tertiary/aromatic N) is 2. The average Bonchev–Trinajstić information content (AvgIpc) is 2.24. The summed E-state index contributed by atoms with van der Waals surface area (Å²) in [4.78, 5) is 7.93. The summed E-state index contributed by atoms with van der Waals surface area (Å²) in [7, 11) is 0. The first-order valence-corrected chi connectivity index (χ1v) is 4.67. The maximum Gasteiger partial charge on any atom is 0.322 e. The Morgan fingerprint density at radius 1 is 1.31 bits per heavy atom. The van der Waals surface area contributed by atoms with E-state index < -0.39 is 5.82 Å². The lowest BCUT2D eigenvalue weighted by Crippen LogP contribution is -1.95. The Morgan fingerprint density at radius 3 is 2.81 bits per heavy atom. The quantitative estimate of drug-likeness (QED) is 0.787. The Hall–Kier alpha value is -2.17. The second-order valence-electron chi connectivity index (χ2n) is 3.27. The van der Waals surface area contributed by atoms with Crippen LogP contribution >= 0.6 is 0 Å². The third-order valence-electron chi connectivity index (χ3n) is 1.95. The minimum Gasteiger partial charge on any atom is -0.424 e. The van der Waals surface area contributed by atoms with Gasteiger partial charge in [0.25, 0.3) is 0 Å². The number of benzene rings is 1. The van der Waals surface area contributed by atoms with Gasteiger partial charge in [0.05, 0.1) is 5.69 Å². The van der Waals surface area contributed by atoms with Gasteiger partial charge in [0.1, 0.15) is 11.6 Å². The van der Waals surface area contributed by atoms with Gasteiger partial charge < -0.3 is 10.5 Å². The molecule has 5 heteroatoms. The zero-order chi connectivity index (χ0) is 11.5. The summed E-state index contributed by atoms with van der Waals surface area (Å²) < 4.78 is 18.4. The van der Waals surface area contributed by atoms with Crippen molar-refractivity contribution < 1.29 is 9.13 Å². The average molecular weight is 219 g/mol. The zero-order valence-corrected chi connectivity index (χ0v) is 8.64. The highest BCUT2D eigenvalue weighted by atomic mass is 19.1. The fourth-order valence-electron chi connectivity index (χ4n) is 1.15. The standard InChI is InChI=1S/C11H10FN3O/c1-7-4-5-14-11(15-7)16-8-2-3-10(13)9(12)6-8/h2-6H,13H2,1H3. The molecule has 0 unspecified atom stereocenters. The highest BCUT2D eigenvalue weighted by Gasteiger charge is 2.03. The SMILES string of the molecule is Cc1ccnc(Oc2ccc(N)c(F)c2)n1. The number of hydrogen-bond acceptors (Lipinski definition) is 4. The lowest BCUT2D eigenvalue weighted by atomic mass is 10.3. The van der Waals surface area contributed by atoms with Crippen molar-refractivity contribution in [2.24, 2.45) is 0 Å². The minimum atomic E-state index is -0.523. The first kappa shape index (κ1) is 10.4. The van der Waals surface area contributed by atoms with Crippen molar-refractivity contribution in [3.8, 4) is 11.8 Å². The Labute approximate surface area is 91.9 Å². The van der Waals surface area contributed by atoms with E-state index in [1.54, 1.807) is 18.3 Å². The van der Waals surface area contributed by atoms with Crippen molar-refractivity contribution >= 4 is 5.69 Å². The van der Waals surface area contributed by atoms with Crippen LogP contribution in [-0.2, 0) is 0 Å². The number of aromatic nitrogens is 2. The van der Waals surface area contributed by atoms with Gasteiger partial charge in [0, 0.05) is 18.0 Å². The smallest absolute Gasteiger partial charge is 0.322 e. The van der Waals surface area contributed by atoms with Crippen LogP contribution in [0, 0.1) is 12.7 Å². The normalized spacial score (nSPS) is 10.1. The van der Waals surface area contributed by atoms with Crippen molar-refractivity contribution in [3.63, 3.8) is 0 Å². The van der Waals surface area contributed by atoms with Crippen molar-refractivity contribution in [2.75, 3.05) is 5.73 Å². The second-order valence-corrected chi connectivity index (χ2v) is 3.27. The molecule has 0 aliphatic heterocycles. The number of aryl methyl sites for hydroxylation is 1. The Morgan fingerprint density at radius 2 is 2.12 bits per heavy atom.